The monoisotopic (exact) mass is 303 g/mol. The lowest BCUT2D eigenvalue weighted by Gasteiger charge is -2.35. The van der Waals surface area contributed by atoms with Crippen molar-refractivity contribution in [3.63, 3.8) is 0 Å². The first-order chi connectivity index (χ1) is 10.5. The molecule has 5 N–H and O–H groups in total. The van der Waals surface area contributed by atoms with Gasteiger partial charge in [-0.1, -0.05) is 19.3 Å². The van der Waals surface area contributed by atoms with Gasteiger partial charge in [0.05, 0.1) is 0 Å². The van der Waals surface area contributed by atoms with Crippen molar-refractivity contribution in [3.8, 4) is 0 Å². The summed E-state index contributed by atoms with van der Waals surface area (Å²) >= 11 is 0. The molecule has 1 fully saturated rings. The van der Waals surface area contributed by atoms with E-state index in [1.165, 1.54) is 6.42 Å². The number of amides is 2. The SMILES string of the molecule is Cc1cc(NC(=O)CC2(CN)CCCCC2)ccc1C(N)=O. The third-order valence-corrected chi connectivity index (χ3v) is 4.66. The van der Waals surface area contributed by atoms with E-state index in [9.17, 15) is 9.59 Å². The molecular weight excluding hydrogens is 278 g/mol. The van der Waals surface area contributed by atoms with E-state index >= 15 is 0 Å². The molecule has 0 radical (unpaired) electrons. The number of carbonyl (C=O) groups excluding carboxylic acids is 2. The Morgan fingerprint density at radius 2 is 1.91 bits per heavy atom. The molecule has 1 aromatic rings. The van der Waals surface area contributed by atoms with Crippen LogP contribution in [0.5, 0.6) is 0 Å². The lowest BCUT2D eigenvalue weighted by Crippen LogP contribution is -2.36. The van der Waals surface area contributed by atoms with Crippen molar-refractivity contribution in [2.45, 2.75) is 45.4 Å². The van der Waals surface area contributed by atoms with Crippen LogP contribution in [0.1, 0.15) is 54.4 Å². The fourth-order valence-corrected chi connectivity index (χ4v) is 3.32. The molecule has 22 heavy (non-hydrogen) atoms. The summed E-state index contributed by atoms with van der Waals surface area (Å²) in [4.78, 5) is 23.5. The van der Waals surface area contributed by atoms with Crippen LogP contribution in [0.25, 0.3) is 0 Å². The van der Waals surface area contributed by atoms with Gasteiger partial charge in [-0.2, -0.15) is 0 Å². The molecule has 2 rings (SSSR count). The van der Waals surface area contributed by atoms with Crippen molar-refractivity contribution < 1.29 is 9.59 Å². The van der Waals surface area contributed by atoms with Crippen LogP contribution in [0.2, 0.25) is 0 Å². The Labute approximate surface area is 131 Å². The van der Waals surface area contributed by atoms with Gasteiger partial charge in [-0.3, -0.25) is 9.59 Å². The highest BCUT2D eigenvalue weighted by Gasteiger charge is 2.32. The molecule has 120 valence electrons. The topological polar surface area (TPSA) is 98.2 Å². The van der Waals surface area contributed by atoms with E-state index in [1.54, 1.807) is 25.1 Å². The number of aryl methyl sites for hydroxylation is 1. The number of carbonyl (C=O) groups is 2. The number of rotatable bonds is 5. The van der Waals surface area contributed by atoms with E-state index in [2.05, 4.69) is 5.32 Å². The van der Waals surface area contributed by atoms with E-state index in [0.29, 0.717) is 24.2 Å². The van der Waals surface area contributed by atoms with Crippen LogP contribution in [-0.4, -0.2) is 18.4 Å². The quantitative estimate of drug-likeness (QED) is 0.778. The summed E-state index contributed by atoms with van der Waals surface area (Å²) in [6.07, 6.45) is 6.04. The summed E-state index contributed by atoms with van der Waals surface area (Å²) in [5.74, 6) is -0.474. The molecule has 1 aliphatic rings. The molecular formula is C17H25N3O2. The number of primary amides is 1. The largest absolute Gasteiger partial charge is 0.366 e. The highest BCUT2D eigenvalue weighted by Crippen LogP contribution is 2.38. The molecule has 1 aromatic carbocycles. The summed E-state index contributed by atoms with van der Waals surface area (Å²) in [5, 5.41) is 2.91. The fraction of sp³-hybridized carbons (Fsp3) is 0.529. The van der Waals surface area contributed by atoms with Gasteiger partial charge in [-0.15, -0.1) is 0 Å². The number of nitrogens with two attached hydrogens (primary N) is 2. The van der Waals surface area contributed by atoms with Crippen molar-refractivity contribution in [2.24, 2.45) is 16.9 Å². The number of hydrogen-bond donors (Lipinski definition) is 3. The molecule has 0 aliphatic heterocycles. The van der Waals surface area contributed by atoms with Crippen molar-refractivity contribution in [2.75, 3.05) is 11.9 Å². The lowest BCUT2D eigenvalue weighted by molar-refractivity contribution is -0.118. The highest BCUT2D eigenvalue weighted by molar-refractivity contribution is 5.96. The maximum Gasteiger partial charge on any atom is 0.248 e. The summed E-state index contributed by atoms with van der Waals surface area (Å²) in [5.41, 5.74) is 13.1. The Morgan fingerprint density at radius 3 is 2.45 bits per heavy atom. The second kappa shape index (κ2) is 6.92. The first-order valence-electron chi connectivity index (χ1n) is 7.86. The van der Waals surface area contributed by atoms with E-state index in [1.807, 2.05) is 0 Å². The lowest BCUT2D eigenvalue weighted by atomic mass is 9.71. The molecule has 2 amide bonds. The minimum Gasteiger partial charge on any atom is -0.366 e. The predicted octanol–water partition coefficient (Wildman–Crippen LogP) is 2.33. The summed E-state index contributed by atoms with van der Waals surface area (Å²) in [7, 11) is 0. The van der Waals surface area contributed by atoms with E-state index in [0.717, 1.165) is 31.2 Å². The van der Waals surface area contributed by atoms with Gasteiger partial charge in [0, 0.05) is 17.7 Å². The fourth-order valence-electron chi connectivity index (χ4n) is 3.32. The van der Waals surface area contributed by atoms with Crippen LogP contribution >= 0.6 is 0 Å². The molecule has 1 aliphatic carbocycles. The summed E-state index contributed by atoms with van der Waals surface area (Å²) < 4.78 is 0. The Balaban J connectivity index is 2.02. The van der Waals surface area contributed by atoms with Crippen LogP contribution in [0.15, 0.2) is 18.2 Å². The summed E-state index contributed by atoms with van der Waals surface area (Å²) in [6.45, 7) is 2.36. The predicted molar refractivity (Wildman–Crippen MR) is 87.5 cm³/mol. The second-order valence-electron chi connectivity index (χ2n) is 6.38. The average molecular weight is 303 g/mol. The van der Waals surface area contributed by atoms with Crippen LogP contribution in [0, 0.1) is 12.3 Å². The number of hydrogen-bond acceptors (Lipinski definition) is 3. The first kappa shape index (κ1) is 16.5. The van der Waals surface area contributed by atoms with E-state index in [-0.39, 0.29) is 11.3 Å². The zero-order chi connectivity index (χ0) is 16.2. The first-order valence-corrected chi connectivity index (χ1v) is 7.86. The molecule has 0 atom stereocenters. The third kappa shape index (κ3) is 3.85. The standard InChI is InChI=1S/C17H25N3O2/c1-12-9-13(5-6-14(12)16(19)22)20-15(21)10-17(11-18)7-3-2-4-8-17/h5-6,9H,2-4,7-8,10-11,18H2,1H3,(H2,19,22)(H,20,21). The smallest absolute Gasteiger partial charge is 0.248 e. The van der Waals surface area contributed by atoms with Crippen LogP contribution in [-0.2, 0) is 4.79 Å². The minimum absolute atomic E-state index is 0.0152. The number of benzene rings is 1. The maximum atomic E-state index is 12.3. The van der Waals surface area contributed by atoms with Crippen LogP contribution in [0.4, 0.5) is 5.69 Å². The Bertz CT molecular complexity index is 563. The van der Waals surface area contributed by atoms with Crippen LogP contribution < -0.4 is 16.8 Å². The van der Waals surface area contributed by atoms with E-state index in [4.69, 9.17) is 11.5 Å². The van der Waals surface area contributed by atoms with E-state index < -0.39 is 5.91 Å². The van der Waals surface area contributed by atoms with Crippen molar-refractivity contribution >= 4 is 17.5 Å². The third-order valence-electron chi connectivity index (χ3n) is 4.66. The van der Waals surface area contributed by atoms with Crippen molar-refractivity contribution in [1.29, 1.82) is 0 Å². The maximum absolute atomic E-state index is 12.3. The highest BCUT2D eigenvalue weighted by atomic mass is 16.2. The van der Waals surface area contributed by atoms with Crippen molar-refractivity contribution in [1.82, 2.24) is 0 Å². The molecule has 0 heterocycles. The number of anilines is 1. The zero-order valence-electron chi connectivity index (χ0n) is 13.2. The Kier molecular flexibility index (Phi) is 5.19. The molecule has 1 saturated carbocycles. The number of nitrogens with one attached hydrogen (secondary N) is 1. The zero-order valence-corrected chi connectivity index (χ0v) is 13.2. The van der Waals surface area contributed by atoms with Gasteiger partial charge in [0.2, 0.25) is 11.8 Å². The Morgan fingerprint density at radius 1 is 1.23 bits per heavy atom. The summed E-state index contributed by atoms with van der Waals surface area (Å²) in [6, 6.07) is 5.13. The molecule has 0 unspecified atom stereocenters. The van der Waals surface area contributed by atoms with Gasteiger partial charge in [0.25, 0.3) is 0 Å². The average Bonchev–Trinajstić information content (AvgIpc) is 2.47. The molecule has 5 heteroatoms. The molecule has 0 spiro atoms. The van der Waals surface area contributed by atoms with Crippen molar-refractivity contribution in [3.05, 3.63) is 29.3 Å². The minimum atomic E-state index is -0.459. The molecule has 0 saturated heterocycles. The van der Waals surface area contributed by atoms with Gasteiger partial charge < -0.3 is 16.8 Å². The normalized spacial score (nSPS) is 17.0. The van der Waals surface area contributed by atoms with Gasteiger partial charge in [0.15, 0.2) is 0 Å². The van der Waals surface area contributed by atoms with Gasteiger partial charge in [0.1, 0.15) is 0 Å². The van der Waals surface area contributed by atoms with Gasteiger partial charge in [-0.05, 0) is 55.5 Å². The molecule has 0 bridgehead atoms. The van der Waals surface area contributed by atoms with Gasteiger partial charge >= 0.3 is 0 Å². The van der Waals surface area contributed by atoms with Crippen LogP contribution in [0.3, 0.4) is 0 Å². The van der Waals surface area contributed by atoms with Gasteiger partial charge in [-0.25, -0.2) is 0 Å². The molecule has 0 aromatic heterocycles. The molecule has 5 nitrogen and oxygen atoms in total. The Hall–Kier alpha value is -1.88. The second-order valence-corrected chi connectivity index (χ2v) is 6.38.